The lowest BCUT2D eigenvalue weighted by Crippen LogP contribution is -2.38. The molecule has 0 aliphatic heterocycles. The number of aromatic nitrogens is 1. The first-order valence-electron chi connectivity index (χ1n) is 6.28. The van der Waals surface area contributed by atoms with Crippen LogP contribution in [-0.2, 0) is 10.0 Å². The molecule has 1 aromatic heterocycles. The van der Waals surface area contributed by atoms with Crippen molar-refractivity contribution < 1.29 is 8.42 Å². The molecule has 2 rings (SSSR count). The third-order valence-corrected chi connectivity index (χ3v) is 6.45. The van der Waals surface area contributed by atoms with Crippen LogP contribution in [0.1, 0.15) is 26.2 Å². The Morgan fingerprint density at radius 3 is 3.00 bits per heavy atom. The first-order chi connectivity index (χ1) is 9.04. The van der Waals surface area contributed by atoms with Crippen LogP contribution in [0, 0.1) is 0 Å². The minimum atomic E-state index is -3.58. The molecule has 1 aliphatic rings. The predicted molar refractivity (Wildman–Crippen MR) is 79.1 cm³/mol. The second kappa shape index (κ2) is 6.43. The standard InChI is InChI=1S/C12H17ClN2O2S2/c1-2-18-11-5-3-4-10(11)15-19(16,17)12-8-14-7-6-9(12)13/h6-8,10-11,15H,2-5H2,1H3. The highest BCUT2D eigenvalue weighted by Crippen LogP contribution is 2.31. The summed E-state index contributed by atoms with van der Waals surface area (Å²) < 4.78 is 27.4. The van der Waals surface area contributed by atoms with Gasteiger partial charge in [-0.25, -0.2) is 13.1 Å². The molecule has 19 heavy (non-hydrogen) atoms. The summed E-state index contributed by atoms with van der Waals surface area (Å²) in [5.74, 6) is 0.997. The zero-order valence-corrected chi connectivity index (χ0v) is 13.1. The fraction of sp³-hybridized carbons (Fsp3) is 0.583. The Hall–Kier alpha value is -0.300. The van der Waals surface area contributed by atoms with Crippen LogP contribution >= 0.6 is 23.4 Å². The van der Waals surface area contributed by atoms with E-state index in [0.29, 0.717) is 5.25 Å². The minimum Gasteiger partial charge on any atom is -0.263 e. The average molecular weight is 321 g/mol. The van der Waals surface area contributed by atoms with Crippen LogP contribution in [0.25, 0.3) is 0 Å². The summed E-state index contributed by atoms with van der Waals surface area (Å²) in [6.45, 7) is 2.09. The summed E-state index contributed by atoms with van der Waals surface area (Å²) in [5.41, 5.74) is 0. The number of nitrogens with one attached hydrogen (secondary N) is 1. The van der Waals surface area contributed by atoms with Gasteiger partial charge in [-0.05, 0) is 24.7 Å². The van der Waals surface area contributed by atoms with Gasteiger partial charge in [-0.2, -0.15) is 11.8 Å². The van der Waals surface area contributed by atoms with Crippen molar-refractivity contribution in [3.8, 4) is 0 Å². The number of hydrogen-bond donors (Lipinski definition) is 1. The molecule has 1 fully saturated rings. The summed E-state index contributed by atoms with van der Waals surface area (Å²) in [7, 11) is -3.58. The van der Waals surface area contributed by atoms with Crippen molar-refractivity contribution in [1.29, 1.82) is 0 Å². The molecule has 1 aromatic rings. The maximum atomic E-state index is 12.3. The van der Waals surface area contributed by atoms with Crippen LogP contribution in [0.2, 0.25) is 5.02 Å². The Morgan fingerprint density at radius 2 is 2.32 bits per heavy atom. The van der Waals surface area contributed by atoms with Crippen molar-refractivity contribution in [2.24, 2.45) is 0 Å². The fourth-order valence-electron chi connectivity index (χ4n) is 2.30. The van der Waals surface area contributed by atoms with Crippen LogP contribution < -0.4 is 4.72 Å². The Bertz CT molecular complexity index is 536. The Labute approximate surface area is 123 Å². The molecule has 2 unspecified atom stereocenters. The van der Waals surface area contributed by atoms with Gasteiger partial charge in [-0.3, -0.25) is 4.98 Å². The maximum absolute atomic E-state index is 12.3. The molecule has 2 atom stereocenters. The van der Waals surface area contributed by atoms with E-state index in [1.807, 2.05) is 11.8 Å². The van der Waals surface area contributed by atoms with Crippen LogP contribution in [0.5, 0.6) is 0 Å². The monoisotopic (exact) mass is 320 g/mol. The highest BCUT2D eigenvalue weighted by molar-refractivity contribution is 8.00. The topological polar surface area (TPSA) is 59.1 Å². The molecule has 0 spiro atoms. The Morgan fingerprint density at radius 1 is 1.53 bits per heavy atom. The zero-order valence-electron chi connectivity index (χ0n) is 10.7. The Kier molecular flexibility index (Phi) is 5.11. The smallest absolute Gasteiger partial charge is 0.243 e. The Balaban J connectivity index is 2.16. The number of nitrogens with zero attached hydrogens (tertiary/aromatic N) is 1. The van der Waals surface area contributed by atoms with Gasteiger partial charge < -0.3 is 0 Å². The van der Waals surface area contributed by atoms with Gasteiger partial charge in [0.25, 0.3) is 0 Å². The molecule has 0 radical (unpaired) electrons. The molecule has 0 saturated heterocycles. The average Bonchev–Trinajstić information content (AvgIpc) is 2.77. The largest absolute Gasteiger partial charge is 0.263 e. The van der Waals surface area contributed by atoms with Crippen molar-refractivity contribution in [3.05, 3.63) is 23.5 Å². The van der Waals surface area contributed by atoms with Gasteiger partial charge >= 0.3 is 0 Å². The molecule has 0 aromatic carbocycles. The fourth-order valence-corrected chi connectivity index (χ4v) is 5.32. The number of rotatable bonds is 5. The van der Waals surface area contributed by atoms with Gasteiger partial charge in [0.1, 0.15) is 4.90 Å². The lowest BCUT2D eigenvalue weighted by Gasteiger charge is -2.20. The van der Waals surface area contributed by atoms with Gasteiger partial charge in [-0.1, -0.05) is 24.9 Å². The van der Waals surface area contributed by atoms with Gasteiger partial charge in [0.2, 0.25) is 10.0 Å². The highest BCUT2D eigenvalue weighted by atomic mass is 35.5. The van der Waals surface area contributed by atoms with E-state index >= 15 is 0 Å². The van der Waals surface area contributed by atoms with Gasteiger partial charge in [0.05, 0.1) is 5.02 Å². The molecular formula is C12H17ClN2O2S2. The summed E-state index contributed by atoms with van der Waals surface area (Å²) in [6, 6.07) is 1.48. The molecule has 1 heterocycles. The first-order valence-corrected chi connectivity index (χ1v) is 9.19. The zero-order chi connectivity index (χ0) is 13.9. The van der Waals surface area contributed by atoms with Crippen molar-refractivity contribution in [2.45, 2.75) is 42.4 Å². The molecule has 1 saturated carbocycles. The van der Waals surface area contributed by atoms with Crippen molar-refractivity contribution >= 4 is 33.4 Å². The second-order valence-corrected chi connectivity index (χ2v) is 8.06. The van der Waals surface area contributed by atoms with E-state index in [1.165, 1.54) is 18.5 Å². The SMILES string of the molecule is CCSC1CCCC1NS(=O)(=O)c1cnccc1Cl. The van der Waals surface area contributed by atoms with Crippen LogP contribution in [0.3, 0.4) is 0 Å². The lowest BCUT2D eigenvalue weighted by atomic mass is 10.3. The number of pyridine rings is 1. The molecule has 7 heteroatoms. The predicted octanol–water partition coefficient (Wildman–Crippen LogP) is 2.69. The maximum Gasteiger partial charge on any atom is 0.243 e. The third kappa shape index (κ3) is 3.62. The quantitative estimate of drug-likeness (QED) is 0.906. The summed E-state index contributed by atoms with van der Waals surface area (Å²) in [6.07, 6.45) is 5.78. The molecule has 0 amide bonds. The van der Waals surface area contributed by atoms with Crippen molar-refractivity contribution in [2.75, 3.05) is 5.75 Å². The second-order valence-electron chi connectivity index (χ2n) is 4.46. The molecule has 1 aliphatic carbocycles. The van der Waals surface area contributed by atoms with Crippen molar-refractivity contribution in [3.63, 3.8) is 0 Å². The molecular weight excluding hydrogens is 304 g/mol. The third-order valence-electron chi connectivity index (χ3n) is 3.16. The summed E-state index contributed by atoms with van der Waals surface area (Å²) in [5, 5.41) is 0.565. The number of sulfonamides is 1. The van der Waals surface area contributed by atoms with E-state index in [0.717, 1.165) is 25.0 Å². The summed E-state index contributed by atoms with van der Waals surface area (Å²) in [4.78, 5) is 3.89. The number of thioether (sulfide) groups is 1. The summed E-state index contributed by atoms with van der Waals surface area (Å²) >= 11 is 7.74. The van der Waals surface area contributed by atoms with Gasteiger partial charge in [0, 0.05) is 23.7 Å². The van der Waals surface area contributed by atoms with Gasteiger partial charge in [0.15, 0.2) is 0 Å². The molecule has 4 nitrogen and oxygen atoms in total. The number of halogens is 1. The molecule has 1 N–H and O–H groups in total. The van der Waals surface area contributed by atoms with E-state index in [-0.39, 0.29) is 16.0 Å². The molecule has 0 bridgehead atoms. The van der Waals surface area contributed by atoms with Crippen molar-refractivity contribution in [1.82, 2.24) is 9.71 Å². The van der Waals surface area contributed by atoms with E-state index in [9.17, 15) is 8.42 Å². The lowest BCUT2D eigenvalue weighted by molar-refractivity contribution is 0.555. The van der Waals surface area contributed by atoms with Crippen LogP contribution in [0.15, 0.2) is 23.4 Å². The normalized spacial score (nSPS) is 23.7. The van der Waals surface area contributed by atoms with Crippen LogP contribution in [-0.4, -0.2) is 30.4 Å². The van der Waals surface area contributed by atoms with E-state index in [2.05, 4.69) is 16.6 Å². The molecule has 106 valence electrons. The highest BCUT2D eigenvalue weighted by Gasteiger charge is 2.31. The minimum absolute atomic E-state index is 0.00813. The van der Waals surface area contributed by atoms with Gasteiger partial charge in [-0.15, -0.1) is 0 Å². The van der Waals surface area contributed by atoms with Crippen LogP contribution in [0.4, 0.5) is 0 Å². The first kappa shape index (κ1) is 15.1. The number of hydrogen-bond acceptors (Lipinski definition) is 4. The van der Waals surface area contributed by atoms with E-state index < -0.39 is 10.0 Å². The van der Waals surface area contributed by atoms with E-state index in [4.69, 9.17) is 11.6 Å². The van der Waals surface area contributed by atoms with E-state index in [1.54, 1.807) is 0 Å².